The number of hydrogen-bond donors (Lipinski definition) is 4. The van der Waals surface area contributed by atoms with Crippen molar-refractivity contribution in [3.05, 3.63) is 12.7 Å². The molecule has 0 heterocycles. The topological polar surface area (TPSA) is 115 Å². The highest BCUT2D eigenvalue weighted by molar-refractivity contribution is 5.72. The predicted molar refractivity (Wildman–Crippen MR) is 62.3 cm³/mol. The molecule has 0 aromatic carbocycles. The van der Waals surface area contributed by atoms with E-state index in [0.29, 0.717) is 0 Å². The van der Waals surface area contributed by atoms with Gasteiger partial charge < -0.3 is 20.4 Å². The Morgan fingerprint density at radius 2 is 1.65 bits per heavy atom. The van der Waals surface area contributed by atoms with Crippen LogP contribution in [0.4, 0.5) is 0 Å². The number of terminal acetylenes is 1. The Kier molecular flexibility index (Phi) is 14.8. The van der Waals surface area contributed by atoms with Crippen molar-refractivity contribution in [3.63, 3.8) is 0 Å². The third-order valence-electron chi connectivity index (χ3n) is 1.27. The zero-order valence-corrected chi connectivity index (χ0v) is 8.54. The number of carboxylic acids is 2. The second-order valence-electron chi connectivity index (χ2n) is 2.64. The molecule has 17 heavy (non-hydrogen) atoms. The molecular formula is C11H18O6. The summed E-state index contributed by atoms with van der Waals surface area (Å²) >= 11 is 0. The smallest absolute Gasteiger partial charge is 0.333 e. The van der Waals surface area contributed by atoms with Gasteiger partial charge in [-0.15, -0.1) is 18.9 Å². The number of carboxylic acid groups (broad SMARTS) is 2. The highest BCUT2D eigenvalue weighted by Crippen LogP contribution is 1.89. The van der Waals surface area contributed by atoms with Crippen molar-refractivity contribution >= 4 is 11.9 Å². The molecule has 0 spiro atoms. The van der Waals surface area contributed by atoms with Crippen molar-refractivity contribution in [2.75, 3.05) is 0 Å². The minimum atomic E-state index is -1.40. The zero-order chi connectivity index (χ0) is 13.1. The first-order chi connectivity index (χ1) is 7.36. The first kappa shape index (κ1) is 20.6. The Labute approximate surface area is 100 Å². The summed E-state index contributed by atoms with van der Waals surface area (Å²) in [5.41, 5.74) is 0. The summed E-state index contributed by atoms with van der Waals surface area (Å²) in [7, 11) is 0. The molecule has 0 aliphatic heterocycles. The van der Waals surface area contributed by atoms with Crippen LogP contribution >= 0.6 is 0 Å². The summed E-state index contributed by atoms with van der Waals surface area (Å²) in [6.45, 7) is 3.26. The number of aliphatic hydroxyl groups excluding tert-OH is 2. The molecule has 0 radical (unpaired) electrons. The molecule has 0 bridgehead atoms. The third-order valence-corrected chi connectivity index (χ3v) is 1.27. The maximum absolute atomic E-state index is 9.79. The van der Waals surface area contributed by atoms with E-state index in [-0.39, 0.29) is 20.3 Å². The van der Waals surface area contributed by atoms with Gasteiger partial charge in [-0.3, -0.25) is 0 Å². The molecule has 2 unspecified atom stereocenters. The van der Waals surface area contributed by atoms with Gasteiger partial charge in [-0.2, -0.15) is 0 Å². The lowest BCUT2D eigenvalue weighted by molar-refractivity contribution is -0.147. The van der Waals surface area contributed by atoms with E-state index in [1.54, 1.807) is 0 Å². The van der Waals surface area contributed by atoms with Gasteiger partial charge in [0, 0.05) is 12.8 Å². The van der Waals surface area contributed by atoms with Crippen LogP contribution < -0.4 is 0 Å². The number of carbonyl (C=O) groups is 2. The van der Waals surface area contributed by atoms with Crippen molar-refractivity contribution in [1.82, 2.24) is 0 Å². The fraction of sp³-hybridized carbons (Fsp3) is 0.455. The minimum Gasteiger partial charge on any atom is -0.479 e. The fourth-order valence-corrected chi connectivity index (χ4v) is 0.458. The number of rotatable bonds is 5. The van der Waals surface area contributed by atoms with E-state index in [9.17, 15) is 9.59 Å². The third kappa shape index (κ3) is 14.2. The zero-order valence-electron chi connectivity index (χ0n) is 8.54. The lowest BCUT2D eigenvalue weighted by atomic mass is 10.3. The monoisotopic (exact) mass is 246 g/mol. The summed E-state index contributed by atoms with van der Waals surface area (Å²) < 4.78 is 0. The highest BCUT2D eigenvalue weighted by atomic mass is 16.4. The molecule has 98 valence electrons. The first-order valence-corrected chi connectivity index (χ1v) is 4.22. The van der Waals surface area contributed by atoms with E-state index >= 15 is 0 Å². The van der Waals surface area contributed by atoms with Gasteiger partial charge >= 0.3 is 11.9 Å². The van der Waals surface area contributed by atoms with Crippen LogP contribution in [0, 0.1) is 12.3 Å². The van der Waals surface area contributed by atoms with Gasteiger partial charge in [0.25, 0.3) is 0 Å². The van der Waals surface area contributed by atoms with E-state index in [1.807, 2.05) is 5.92 Å². The Bertz CT molecular complexity index is 278. The Balaban J connectivity index is -0.000000218. The number of hydrogen-bond acceptors (Lipinski definition) is 4. The molecule has 4 N–H and O–H groups in total. The van der Waals surface area contributed by atoms with Crippen molar-refractivity contribution in [1.29, 1.82) is 0 Å². The van der Waals surface area contributed by atoms with Crippen LogP contribution in [-0.2, 0) is 9.59 Å². The van der Waals surface area contributed by atoms with Gasteiger partial charge in [0.1, 0.15) is 0 Å². The molecule has 0 aromatic heterocycles. The fourth-order valence-electron chi connectivity index (χ4n) is 0.458. The van der Waals surface area contributed by atoms with Gasteiger partial charge in [-0.1, -0.05) is 13.5 Å². The van der Waals surface area contributed by atoms with Crippen LogP contribution in [0.15, 0.2) is 12.7 Å². The lowest BCUT2D eigenvalue weighted by Gasteiger charge is -1.97. The maximum Gasteiger partial charge on any atom is 0.333 e. The van der Waals surface area contributed by atoms with Crippen molar-refractivity contribution in [3.8, 4) is 12.3 Å². The normalized spacial score (nSPS) is 11.6. The summed E-state index contributed by atoms with van der Waals surface area (Å²) in [4.78, 5) is 19.5. The summed E-state index contributed by atoms with van der Waals surface area (Å²) in [5, 5.41) is 32.8. The molecule has 0 fully saturated rings. The predicted octanol–water partition coefficient (Wildman–Crippen LogP) is 0.0993. The van der Waals surface area contributed by atoms with Crippen LogP contribution in [-0.4, -0.2) is 44.6 Å². The van der Waals surface area contributed by atoms with Crippen LogP contribution in [0.5, 0.6) is 0 Å². The highest BCUT2D eigenvalue weighted by Gasteiger charge is 2.09. The molecule has 0 aliphatic rings. The Morgan fingerprint density at radius 3 is 1.76 bits per heavy atom. The van der Waals surface area contributed by atoms with Gasteiger partial charge in [-0.25, -0.2) is 9.59 Å². The molecule has 0 amide bonds. The first-order valence-electron chi connectivity index (χ1n) is 4.22. The molecule has 0 aromatic rings. The van der Waals surface area contributed by atoms with E-state index < -0.39 is 24.1 Å². The van der Waals surface area contributed by atoms with E-state index in [2.05, 4.69) is 6.58 Å². The molecule has 6 heteroatoms. The van der Waals surface area contributed by atoms with Crippen molar-refractivity contribution in [2.24, 2.45) is 0 Å². The van der Waals surface area contributed by atoms with E-state index in [1.165, 1.54) is 6.08 Å². The average Bonchev–Trinajstić information content (AvgIpc) is 2.19. The molecule has 0 aliphatic carbocycles. The maximum atomic E-state index is 9.79. The lowest BCUT2D eigenvalue weighted by Crippen LogP contribution is -2.17. The quantitative estimate of drug-likeness (QED) is 0.404. The van der Waals surface area contributed by atoms with E-state index in [0.717, 1.165) is 0 Å². The Hall–Kier alpha value is -1.84. The van der Waals surface area contributed by atoms with Gasteiger partial charge in [0.2, 0.25) is 0 Å². The van der Waals surface area contributed by atoms with Crippen molar-refractivity contribution in [2.45, 2.75) is 32.5 Å². The number of aliphatic hydroxyl groups is 2. The summed E-state index contributed by atoms with van der Waals surface area (Å²) in [6.07, 6.45) is 3.34. The van der Waals surface area contributed by atoms with Crippen molar-refractivity contribution < 1.29 is 30.0 Å². The average molecular weight is 246 g/mol. The van der Waals surface area contributed by atoms with Crippen LogP contribution in [0.1, 0.15) is 20.3 Å². The Morgan fingerprint density at radius 1 is 1.24 bits per heavy atom. The second-order valence-corrected chi connectivity index (χ2v) is 2.64. The minimum absolute atomic E-state index is 0. The molecule has 0 saturated heterocycles. The van der Waals surface area contributed by atoms with Crippen LogP contribution in [0.2, 0.25) is 0 Å². The van der Waals surface area contributed by atoms with Crippen LogP contribution in [0.3, 0.4) is 0 Å². The molecule has 2 atom stereocenters. The molecular weight excluding hydrogens is 228 g/mol. The standard InChI is InChI=1S/C5H8O3.C5H6O3.CH4/c2*1-2-3-4(6)5(7)8;/h2,4,6H,1,3H2,(H,7,8);1,4,6H,3H2,(H,7,8);1H4. The summed E-state index contributed by atoms with van der Waals surface area (Å²) in [5.74, 6) is -0.461. The van der Waals surface area contributed by atoms with Crippen LogP contribution in [0.25, 0.3) is 0 Å². The SMILES string of the molecule is C.C#CCC(O)C(=O)O.C=CCC(O)C(=O)O. The van der Waals surface area contributed by atoms with Gasteiger partial charge in [0.15, 0.2) is 12.2 Å². The second kappa shape index (κ2) is 12.2. The van der Waals surface area contributed by atoms with Gasteiger partial charge in [-0.05, 0) is 0 Å². The largest absolute Gasteiger partial charge is 0.479 e. The number of aliphatic carboxylic acids is 2. The summed E-state index contributed by atoms with van der Waals surface area (Å²) in [6, 6.07) is 0. The molecule has 0 rings (SSSR count). The van der Waals surface area contributed by atoms with Gasteiger partial charge in [0.05, 0.1) is 0 Å². The molecule has 0 saturated carbocycles. The van der Waals surface area contributed by atoms with E-state index in [4.69, 9.17) is 26.8 Å². The molecule has 6 nitrogen and oxygen atoms in total.